The zero-order valence-electron chi connectivity index (χ0n) is 12.5. The molecule has 2 N–H and O–H groups in total. The number of aliphatic hydroxyl groups is 1. The highest BCUT2D eigenvalue weighted by atomic mass is 16.3. The van der Waals surface area contributed by atoms with Crippen LogP contribution in [0.15, 0.2) is 12.1 Å². The van der Waals surface area contributed by atoms with Gasteiger partial charge in [0, 0.05) is 11.0 Å². The number of phenols is 1. The lowest BCUT2D eigenvalue weighted by Crippen LogP contribution is -2.24. The SMILES string of the molecule is CCc1cc(C(C)(C)C)c(O)c(C(C)(C)CO)c1. The summed E-state index contributed by atoms with van der Waals surface area (Å²) in [5.41, 5.74) is 2.48. The van der Waals surface area contributed by atoms with Crippen LogP contribution in [0.25, 0.3) is 0 Å². The smallest absolute Gasteiger partial charge is 0.123 e. The molecule has 1 aromatic carbocycles. The van der Waals surface area contributed by atoms with Gasteiger partial charge in [0.2, 0.25) is 0 Å². The van der Waals surface area contributed by atoms with Crippen LogP contribution in [-0.4, -0.2) is 16.8 Å². The maximum Gasteiger partial charge on any atom is 0.123 e. The summed E-state index contributed by atoms with van der Waals surface area (Å²) in [5, 5.41) is 20.0. The van der Waals surface area contributed by atoms with Crippen LogP contribution in [0.5, 0.6) is 5.75 Å². The Balaban J connectivity index is 3.54. The predicted octanol–water partition coefficient (Wildman–Crippen LogP) is 3.52. The lowest BCUT2D eigenvalue weighted by molar-refractivity contribution is 0.214. The third kappa shape index (κ3) is 2.86. The fraction of sp³-hybridized carbons (Fsp3) is 0.625. The number of phenolic OH excluding ortho intramolecular Hbond substituents is 1. The Labute approximate surface area is 111 Å². The second-order valence-electron chi connectivity index (χ2n) is 6.69. The number of aliphatic hydroxyl groups excluding tert-OH is 1. The average Bonchev–Trinajstić information content (AvgIpc) is 2.27. The van der Waals surface area contributed by atoms with Crippen LogP contribution in [0.1, 0.15) is 58.2 Å². The van der Waals surface area contributed by atoms with Crippen molar-refractivity contribution < 1.29 is 10.2 Å². The Bertz CT molecular complexity index is 425. The fourth-order valence-electron chi connectivity index (χ4n) is 2.07. The molecule has 0 aromatic heterocycles. The van der Waals surface area contributed by atoms with Crippen LogP contribution in [0.3, 0.4) is 0 Å². The van der Waals surface area contributed by atoms with Crippen molar-refractivity contribution >= 4 is 0 Å². The first-order valence-corrected chi connectivity index (χ1v) is 6.61. The second kappa shape index (κ2) is 4.93. The van der Waals surface area contributed by atoms with Gasteiger partial charge in [-0.2, -0.15) is 0 Å². The van der Waals surface area contributed by atoms with E-state index in [1.165, 1.54) is 5.56 Å². The summed E-state index contributed by atoms with van der Waals surface area (Å²) in [6.07, 6.45) is 0.928. The van der Waals surface area contributed by atoms with E-state index in [4.69, 9.17) is 0 Å². The van der Waals surface area contributed by atoms with E-state index in [2.05, 4.69) is 33.8 Å². The van der Waals surface area contributed by atoms with Crippen molar-refractivity contribution in [2.45, 2.75) is 58.8 Å². The summed E-state index contributed by atoms with van der Waals surface area (Å²) in [6, 6.07) is 4.09. The van der Waals surface area contributed by atoms with Gasteiger partial charge in [-0.15, -0.1) is 0 Å². The van der Waals surface area contributed by atoms with Crippen molar-refractivity contribution in [2.75, 3.05) is 6.61 Å². The highest BCUT2D eigenvalue weighted by Crippen LogP contribution is 2.39. The monoisotopic (exact) mass is 250 g/mol. The van der Waals surface area contributed by atoms with Gasteiger partial charge in [0.1, 0.15) is 5.75 Å². The fourth-order valence-corrected chi connectivity index (χ4v) is 2.07. The standard InChI is InChI=1S/C16H26O2/c1-7-11-8-12(15(2,3)4)14(18)13(9-11)16(5,6)10-17/h8-9,17-18H,7,10H2,1-6H3. The first kappa shape index (κ1) is 15.0. The van der Waals surface area contributed by atoms with Gasteiger partial charge in [-0.1, -0.05) is 53.7 Å². The van der Waals surface area contributed by atoms with Gasteiger partial charge in [0.05, 0.1) is 6.61 Å². The van der Waals surface area contributed by atoms with Crippen LogP contribution in [-0.2, 0) is 17.3 Å². The number of hydrogen-bond acceptors (Lipinski definition) is 2. The van der Waals surface area contributed by atoms with Crippen LogP contribution in [0.4, 0.5) is 0 Å². The van der Waals surface area contributed by atoms with Crippen LogP contribution >= 0.6 is 0 Å². The molecule has 0 atom stereocenters. The summed E-state index contributed by atoms with van der Waals surface area (Å²) in [7, 11) is 0. The minimum atomic E-state index is -0.421. The maximum absolute atomic E-state index is 10.5. The molecular formula is C16H26O2. The van der Waals surface area contributed by atoms with E-state index < -0.39 is 5.41 Å². The molecule has 2 nitrogen and oxygen atoms in total. The van der Waals surface area contributed by atoms with E-state index in [0.29, 0.717) is 5.75 Å². The van der Waals surface area contributed by atoms with E-state index in [1.54, 1.807) is 0 Å². The summed E-state index contributed by atoms with van der Waals surface area (Å²) in [5.74, 6) is 0.332. The van der Waals surface area contributed by atoms with Gasteiger partial charge in [-0.25, -0.2) is 0 Å². The Morgan fingerprint density at radius 3 is 1.89 bits per heavy atom. The minimum Gasteiger partial charge on any atom is -0.507 e. The summed E-state index contributed by atoms with van der Waals surface area (Å²) >= 11 is 0. The Morgan fingerprint density at radius 2 is 1.50 bits per heavy atom. The van der Waals surface area contributed by atoms with E-state index in [1.807, 2.05) is 19.9 Å². The minimum absolute atomic E-state index is 0.0251. The molecule has 0 aliphatic rings. The first-order chi connectivity index (χ1) is 8.13. The molecule has 0 spiro atoms. The number of hydrogen-bond donors (Lipinski definition) is 2. The third-order valence-electron chi connectivity index (χ3n) is 3.51. The van der Waals surface area contributed by atoms with Crippen LogP contribution < -0.4 is 0 Å². The van der Waals surface area contributed by atoms with Gasteiger partial charge in [0.25, 0.3) is 0 Å². The number of aryl methyl sites for hydroxylation is 1. The molecular weight excluding hydrogens is 224 g/mol. The van der Waals surface area contributed by atoms with E-state index >= 15 is 0 Å². The Hall–Kier alpha value is -1.02. The molecule has 0 bridgehead atoms. The normalized spacial score (nSPS) is 12.8. The molecule has 0 heterocycles. The molecule has 0 unspecified atom stereocenters. The lowest BCUT2D eigenvalue weighted by Gasteiger charge is -2.29. The molecule has 1 rings (SSSR count). The Kier molecular flexibility index (Phi) is 4.12. The third-order valence-corrected chi connectivity index (χ3v) is 3.51. The van der Waals surface area contributed by atoms with Gasteiger partial charge >= 0.3 is 0 Å². The van der Waals surface area contributed by atoms with E-state index in [9.17, 15) is 10.2 Å². The molecule has 18 heavy (non-hydrogen) atoms. The van der Waals surface area contributed by atoms with Crippen molar-refractivity contribution in [1.82, 2.24) is 0 Å². The van der Waals surface area contributed by atoms with Crippen molar-refractivity contribution in [3.05, 3.63) is 28.8 Å². The second-order valence-corrected chi connectivity index (χ2v) is 6.69. The zero-order chi connectivity index (χ0) is 14.1. The van der Waals surface area contributed by atoms with Gasteiger partial charge < -0.3 is 10.2 Å². The molecule has 0 amide bonds. The molecule has 2 heteroatoms. The number of aromatic hydroxyl groups is 1. The van der Waals surface area contributed by atoms with Crippen LogP contribution in [0, 0.1) is 0 Å². The van der Waals surface area contributed by atoms with Crippen LogP contribution in [0.2, 0.25) is 0 Å². The molecule has 0 saturated carbocycles. The number of rotatable bonds is 3. The molecule has 0 aliphatic carbocycles. The van der Waals surface area contributed by atoms with E-state index in [0.717, 1.165) is 17.5 Å². The largest absolute Gasteiger partial charge is 0.507 e. The lowest BCUT2D eigenvalue weighted by atomic mass is 9.77. The molecule has 0 saturated heterocycles. The maximum atomic E-state index is 10.5. The average molecular weight is 250 g/mol. The summed E-state index contributed by atoms with van der Waals surface area (Å²) in [4.78, 5) is 0. The topological polar surface area (TPSA) is 40.5 Å². The van der Waals surface area contributed by atoms with Crippen molar-refractivity contribution in [3.8, 4) is 5.75 Å². The van der Waals surface area contributed by atoms with Gasteiger partial charge in [-0.3, -0.25) is 0 Å². The van der Waals surface area contributed by atoms with Crippen molar-refractivity contribution in [3.63, 3.8) is 0 Å². The first-order valence-electron chi connectivity index (χ1n) is 6.61. The van der Waals surface area contributed by atoms with Crippen molar-refractivity contribution in [2.24, 2.45) is 0 Å². The Morgan fingerprint density at radius 1 is 1.00 bits per heavy atom. The quantitative estimate of drug-likeness (QED) is 0.861. The highest BCUT2D eigenvalue weighted by molar-refractivity contribution is 5.50. The molecule has 0 aliphatic heterocycles. The molecule has 1 aromatic rings. The zero-order valence-corrected chi connectivity index (χ0v) is 12.5. The van der Waals surface area contributed by atoms with Gasteiger partial charge in [-0.05, 0) is 23.0 Å². The predicted molar refractivity (Wildman–Crippen MR) is 76.3 cm³/mol. The van der Waals surface area contributed by atoms with Crippen molar-refractivity contribution in [1.29, 1.82) is 0 Å². The molecule has 0 radical (unpaired) electrons. The summed E-state index contributed by atoms with van der Waals surface area (Å²) < 4.78 is 0. The highest BCUT2D eigenvalue weighted by Gasteiger charge is 2.28. The summed E-state index contributed by atoms with van der Waals surface area (Å²) in [6.45, 7) is 12.3. The molecule has 102 valence electrons. The molecule has 0 fully saturated rings. The number of benzene rings is 1. The van der Waals surface area contributed by atoms with Gasteiger partial charge in [0.15, 0.2) is 0 Å². The van der Waals surface area contributed by atoms with E-state index in [-0.39, 0.29) is 12.0 Å².